The van der Waals surface area contributed by atoms with E-state index in [1.165, 1.54) is 12.1 Å². The number of carbonyl (C=O) groups excluding carboxylic acids is 1. The third kappa shape index (κ3) is 3.04. The van der Waals surface area contributed by atoms with Crippen LogP contribution in [-0.2, 0) is 4.79 Å². The number of ether oxygens (including phenoxy) is 1. The van der Waals surface area contributed by atoms with Crippen molar-refractivity contribution in [1.82, 2.24) is 4.90 Å². The van der Waals surface area contributed by atoms with Gasteiger partial charge in [-0.2, -0.15) is 0 Å². The van der Waals surface area contributed by atoms with E-state index in [-0.39, 0.29) is 17.7 Å². The Labute approximate surface area is 128 Å². The lowest BCUT2D eigenvalue weighted by atomic mass is 10.1. The van der Waals surface area contributed by atoms with Gasteiger partial charge in [0.1, 0.15) is 11.9 Å². The minimum absolute atomic E-state index is 0.0263. The molecule has 3 rings (SSSR count). The quantitative estimate of drug-likeness (QED) is 0.670. The number of benzene rings is 1. The predicted octanol–water partition coefficient (Wildman–Crippen LogP) is 1.46. The first-order chi connectivity index (χ1) is 10.5. The van der Waals surface area contributed by atoms with E-state index in [0.29, 0.717) is 18.8 Å². The number of hydrogen-bond acceptors (Lipinski definition) is 5. The molecule has 1 aromatic rings. The highest BCUT2D eigenvalue weighted by Gasteiger charge is 2.48. The van der Waals surface area contributed by atoms with Crippen molar-refractivity contribution in [1.29, 1.82) is 0 Å². The SMILES string of the molecule is NC1(C(=O)N2CCC(Oc3ccc([N+](=O)[O-])cc3)CC2)CC1. The first-order valence-corrected chi connectivity index (χ1v) is 7.47. The van der Waals surface area contributed by atoms with E-state index in [1.54, 1.807) is 12.1 Å². The van der Waals surface area contributed by atoms with E-state index < -0.39 is 10.5 Å². The average molecular weight is 305 g/mol. The molecular formula is C15H19N3O4. The van der Waals surface area contributed by atoms with Crippen LogP contribution in [0.1, 0.15) is 25.7 Å². The number of likely N-dealkylation sites (tertiary alicyclic amines) is 1. The number of nitrogens with two attached hydrogens (primary N) is 1. The maximum absolute atomic E-state index is 12.1. The van der Waals surface area contributed by atoms with E-state index in [4.69, 9.17) is 10.5 Å². The zero-order chi connectivity index (χ0) is 15.7. The van der Waals surface area contributed by atoms with E-state index in [0.717, 1.165) is 25.7 Å². The predicted molar refractivity (Wildman–Crippen MR) is 79.5 cm³/mol. The van der Waals surface area contributed by atoms with E-state index in [9.17, 15) is 14.9 Å². The Morgan fingerprint density at radius 2 is 1.86 bits per heavy atom. The van der Waals surface area contributed by atoms with Crippen LogP contribution in [0.15, 0.2) is 24.3 Å². The van der Waals surface area contributed by atoms with Gasteiger partial charge in [0.05, 0.1) is 10.5 Å². The summed E-state index contributed by atoms with van der Waals surface area (Å²) in [5.74, 6) is 0.675. The fourth-order valence-electron chi connectivity index (χ4n) is 2.68. The van der Waals surface area contributed by atoms with Gasteiger partial charge in [0, 0.05) is 38.1 Å². The summed E-state index contributed by atoms with van der Waals surface area (Å²) in [6.45, 7) is 1.30. The Bertz CT molecular complexity index is 575. The standard InChI is InChI=1S/C15H19N3O4/c16-15(7-8-15)14(19)17-9-5-13(6-10-17)22-12-3-1-11(2-4-12)18(20)21/h1-4,13H,5-10,16H2. The molecule has 1 aliphatic carbocycles. The summed E-state index contributed by atoms with van der Waals surface area (Å²) in [5, 5.41) is 10.6. The molecule has 7 nitrogen and oxygen atoms in total. The zero-order valence-electron chi connectivity index (χ0n) is 12.2. The molecule has 0 aromatic heterocycles. The molecule has 118 valence electrons. The lowest BCUT2D eigenvalue weighted by Gasteiger charge is -2.33. The molecule has 1 amide bonds. The van der Waals surface area contributed by atoms with E-state index in [1.807, 2.05) is 4.90 Å². The topological polar surface area (TPSA) is 98.7 Å². The highest BCUT2D eigenvalue weighted by molar-refractivity contribution is 5.89. The van der Waals surface area contributed by atoms with Gasteiger partial charge in [-0.05, 0) is 25.0 Å². The lowest BCUT2D eigenvalue weighted by molar-refractivity contribution is -0.384. The van der Waals surface area contributed by atoms with Gasteiger partial charge in [0.25, 0.3) is 5.69 Å². The van der Waals surface area contributed by atoms with Gasteiger partial charge in [-0.15, -0.1) is 0 Å². The van der Waals surface area contributed by atoms with Crippen LogP contribution < -0.4 is 10.5 Å². The molecule has 7 heteroatoms. The summed E-state index contributed by atoms with van der Waals surface area (Å²) in [4.78, 5) is 24.1. The van der Waals surface area contributed by atoms with Crippen molar-refractivity contribution < 1.29 is 14.5 Å². The van der Waals surface area contributed by atoms with Crippen molar-refractivity contribution in [2.45, 2.75) is 37.3 Å². The average Bonchev–Trinajstić information content (AvgIpc) is 3.27. The molecule has 1 heterocycles. The minimum Gasteiger partial charge on any atom is -0.490 e. The molecular weight excluding hydrogens is 286 g/mol. The van der Waals surface area contributed by atoms with Crippen LogP contribution in [0, 0.1) is 10.1 Å². The normalized spacial score (nSPS) is 20.5. The van der Waals surface area contributed by atoms with Gasteiger partial charge in [-0.25, -0.2) is 0 Å². The van der Waals surface area contributed by atoms with Crippen molar-refractivity contribution in [2.75, 3.05) is 13.1 Å². The Hall–Kier alpha value is -2.15. The maximum atomic E-state index is 12.1. The molecule has 2 fully saturated rings. The summed E-state index contributed by atoms with van der Waals surface area (Å²) in [6.07, 6.45) is 3.09. The van der Waals surface area contributed by atoms with Crippen molar-refractivity contribution in [3.05, 3.63) is 34.4 Å². The Morgan fingerprint density at radius 1 is 1.27 bits per heavy atom. The third-order valence-corrected chi connectivity index (χ3v) is 4.29. The molecule has 0 radical (unpaired) electrons. The second kappa shape index (κ2) is 5.57. The second-order valence-corrected chi connectivity index (χ2v) is 6.02. The number of rotatable bonds is 4. The largest absolute Gasteiger partial charge is 0.490 e. The van der Waals surface area contributed by atoms with Crippen molar-refractivity contribution in [3.63, 3.8) is 0 Å². The molecule has 22 heavy (non-hydrogen) atoms. The zero-order valence-corrected chi connectivity index (χ0v) is 12.2. The number of piperidine rings is 1. The Balaban J connectivity index is 1.51. The van der Waals surface area contributed by atoms with Crippen LogP contribution in [0.25, 0.3) is 0 Å². The fourth-order valence-corrected chi connectivity index (χ4v) is 2.68. The molecule has 0 unspecified atom stereocenters. The van der Waals surface area contributed by atoms with Crippen molar-refractivity contribution in [3.8, 4) is 5.75 Å². The minimum atomic E-state index is -0.605. The summed E-state index contributed by atoms with van der Waals surface area (Å²) in [6, 6.07) is 6.07. The van der Waals surface area contributed by atoms with Crippen LogP contribution in [0.3, 0.4) is 0 Å². The van der Waals surface area contributed by atoms with Crippen molar-refractivity contribution >= 4 is 11.6 Å². The van der Waals surface area contributed by atoms with Crippen LogP contribution in [-0.4, -0.2) is 40.5 Å². The number of non-ortho nitro benzene ring substituents is 1. The summed E-state index contributed by atoms with van der Waals surface area (Å²) >= 11 is 0. The van der Waals surface area contributed by atoms with Gasteiger partial charge in [-0.1, -0.05) is 0 Å². The van der Waals surface area contributed by atoms with Gasteiger partial charge < -0.3 is 15.4 Å². The number of carbonyl (C=O) groups is 1. The summed E-state index contributed by atoms with van der Waals surface area (Å²) in [7, 11) is 0. The Kier molecular flexibility index (Phi) is 3.74. The van der Waals surface area contributed by atoms with Crippen LogP contribution >= 0.6 is 0 Å². The molecule has 0 spiro atoms. The van der Waals surface area contributed by atoms with Crippen LogP contribution in [0.2, 0.25) is 0 Å². The highest BCUT2D eigenvalue weighted by Crippen LogP contribution is 2.35. The van der Waals surface area contributed by atoms with Gasteiger partial charge in [0.2, 0.25) is 5.91 Å². The summed E-state index contributed by atoms with van der Waals surface area (Å²) in [5.41, 5.74) is 5.38. The molecule has 1 aliphatic heterocycles. The van der Waals surface area contributed by atoms with Gasteiger partial charge in [-0.3, -0.25) is 14.9 Å². The first-order valence-electron chi connectivity index (χ1n) is 7.47. The van der Waals surface area contributed by atoms with Crippen molar-refractivity contribution in [2.24, 2.45) is 5.73 Å². The Morgan fingerprint density at radius 3 is 2.36 bits per heavy atom. The lowest BCUT2D eigenvalue weighted by Crippen LogP contribution is -2.50. The monoisotopic (exact) mass is 305 g/mol. The second-order valence-electron chi connectivity index (χ2n) is 6.02. The molecule has 1 aromatic carbocycles. The molecule has 2 N–H and O–H groups in total. The molecule has 1 saturated carbocycles. The molecule has 2 aliphatic rings. The number of nitro groups is 1. The molecule has 1 saturated heterocycles. The number of amides is 1. The first kappa shape index (κ1) is 14.8. The van der Waals surface area contributed by atoms with Gasteiger partial charge >= 0.3 is 0 Å². The van der Waals surface area contributed by atoms with E-state index in [2.05, 4.69) is 0 Å². The summed E-state index contributed by atoms with van der Waals surface area (Å²) < 4.78 is 5.83. The number of nitro benzene ring substituents is 1. The molecule has 0 atom stereocenters. The van der Waals surface area contributed by atoms with E-state index >= 15 is 0 Å². The van der Waals surface area contributed by atoms with Crippen LogP contribution in [0.4, 0.5) is 5.69 Å². The number of hydrogen-bond donors (Lipinski definition) is 1. The van der Waals surface area contributed by atoms with Crippen LogP contribution in [0.5, 0.6) is 5.75 Å². The smallest absolute Gasteiger partial charge is 0.269 e. The molecule has 0 bridgehead atoms. The highest BCUT2D eigenvalue weighted by atomic mass is 16.6. The third-order valence-electron chi connectivity index (χ3n) is 4.29. The number of nitrogens with zero attached hydrogens (tertiary/aromatic N) is 2. The fraction of sp³-hybridized carbons (Fsp3) is 0.533. The van der Waals surface area contributed by atoms with Gasteiger partial charge in [0.15, 0.2) is 0 Å². The maximum Gasteiger partial charge on any atom is 0.269 e.